The normalized spacial score (nSPS) is 19.8. The quantitative estimate of drug-likeness (QED) is 0.889. The number of halogens is 1. The fourth-order valence-corrected chi connectivity index (χ4v) is 4.44. The number of rotatable bonds is 3. The summed E-state index contributed by atoms with van der Waals surface area (Å²) in [6, 6.07) is 5.60. The SMILES string of the molecule is CNS(=O)(=O)N1CCC(C(=O)N2CCc3cc(Cl)ccc32)CC1. The van der Waals surface area contributed by atoms with Crippen molar-refractivity contribution in [1.82, 2.24) is 9.03 Å². The number of carbonyl (C=O) groups is 1. The molecule has 1 aromatic rings. The van der Waals surface area contributed by atoms with Crippen LogP contribution in [0, 0.1) is 5.92 Å². The molecule has 126 valence electrons. The Labute approximate surface area is 141 Å². The first-order valence-electron chi connectivity index (χ1n) is 7.71. The van der Waals surface area contributed by atoms with Crippen molar-refractivity contribution in [1.29, 1.82) is 0 Å². The molecule has 1 saturated heterocycles. The number of benzene rings is 1. The molecule has 0 aliphatic carbocycles. The second kappa shape index (κ2) is 6.39. The van der Waals surface area contributed by atoms with Crippen LogP contribution in [0.25, 0.3) is 0 Å². The Morgan fingerprint density at radius 3 is 2.61 bits per heavy atom. The summed E-state index contributed by atoms with van der Waals surface area (Å²) in [7, 11) is -2.00. The van der Waals surface area contributed by atoms with Gasteiger partial charge in [0, 0.05) is 43.3 Å². The van der Waals surface area contributed by atoms with Crippen LogP contribution in [-0.2, 0) is 21.4 Å². The topological polar surface area (TPSA) is 69.7 Å². The van der Waals surface area contributed by atoms with E-state index in [0.717, 1.165) is 17.7 Å². The summed E-state index contributed by atoms with van der Waals surface area (Å²) >= 11 is 6.00. The van der Waals surface area contributed by atoms with Crippen LogP contribution in [0.4, 0.5) is 5.69 Å². The van der Waals surface area contributed by atoms with Gasteiger partial charge in [-0.15, -0.1) is 0 Å². The van der Waals surface area contributed by atoms with E-state index < -0.39 is 10.2 Å². The number of hydrogen-bond donors (Lipinski definition) is 1. The van der Waals surface area contributed by atoms with Gasteiger partial charge in [0.25, 0.3) is 10.2 Å². The van der Waals surface area contributed by atoms with E-state index in [-0.39, 0.29) is 11.8 Å². The Hall–Kier alpha value is -1.15. The molecule has 0 saturated carbocycles. The molecular weight excluding hydrogens is 338 g/mol. The van der Waals surface area contributed by atoms with E-state index in [1.807, 2.05) is 17.0 Å². The van der Waals surface area contributed by atoms with Gasteiger partial charge in [-0.3, -0.25) is 4.79 Å². The Balaban J connectivity index is 1.68. The minimum absolute atomic E-state index is 0.0904. The molecule has 2 aliphatic rings. The summed E-state index contributed by atoms with van der Waals surface area (Å²) in [5.41, 5.74) is 2.03. The molecule has 2 aliphatic heterocycles. The molecule has 6 nitrogen and oxygen atoms in total. The van der Waals surface area contributed by atoms with Crippen LogP contribution in [0.2, 0.25) is 5.02 Å². The second-order valence-corrected chi connectivity index (χ2v) is 8.21. The maximum Gasteiger partial charge on any atom is 0.279 e. The van der Waals surface area contributed by atoms with Gasteiger partial charge in [-0.05, 0) is 43.0 Å². The van der Waals surface area contributed by atoms with Gasteiger partial charge in [-0.1, -0.05) is 11.6 Å². The molecule has 23 heavy (non-hydrogen) atoms. The van der Waals surface area contributed by atoms with Gasteiger partial charge in [0.1, 0.15) is 0 Å². The van der Waals surface area contributed by atoms with Crippen molar-refractivity contribution >= 4 is 33.4 Å². The average Bonchev–Trinajstić information content (AvgIpc) is 2.97. The number of fused-ring (bicyclic) bond motifs is 1. The smallest absolute Gasteiger partial charge is 0.279 e. The van der Waals surface area contributed by atoms with Crippen molar-refractivity contribution in [2.45, 2.75) is 19.3 Å². The summed E-state index contributed by atoms with van der Waals surface area (Å²) in [6.07, 6.45) is 1.92. The maximum absolute atomic E-state index is 12.8. The van der Waals surface area contributed by atoms with Gasteiger partial charge in [0.2, 0.25) is 5.91 Å². The zero-order valence-electron chi connectivity index (χ0n) is 13.0. The first-order valence-corrected chi connectivity index (χ1v) is 9.52. The molecule has 1 fully saturated rings. The molecule has 1 N–H and O–H groups in total. The third-order valence-corrected chi connectivity index (χ3v) is 6.40. The third-order valence-electron chi connectivity index (χ3n) is 4.60. The highest BCUT2D eigenvalue weighted by molar-refractivity contribution is 7.87. The van der Waals surface area contributed by atoms with E-state index >= 15 is 0 Å². The van der Waals surface area contributed by atoms with Crippen LogP contribution in [0.5, 0.6) is 0 Å². The molecule has 0 atom stereocenters. The van der Waals surface area contributed by atoms with E-state index in [4.69, 9.17) is 11.6 Å². The molecular formula is C15H20ClN3O3S. The molecule has 0 radical (unpaired) electrons. The summed E-state index contributed by atoms with van der Waals surface area (Å²) in [5.74, 6) is -0.0347. The number of nitrogens with zero attached hydrogens (tertiary/aromatic N) is 2. The summed E-state index contributed by atoms with van der Waals surface area (Å²) in [5, 5.41) is 0.684. The predicted octanol–water partition coefficient (Wildman–Crippen LogP) is 1.41. The van der Waals surface area contributed by atoms with Gasteiger partial charge >= 0.3 is 0 Å². The standard InChI is InChI=1S/C15H20ClN3O3S/c1-17-23(21,22)18-7-4-11(5-8-18)15(20)19-9-6-12-10-13(16)2-3-14(12)19/h2-3,10-11,17H,4-9H2,1H3. The minimum atomic E-state index is -3.40. The van der Waals surface area contributed by atoms with Crippen molar-refractivity contribution < 1.29 is 13.2 Å². The minimum Gasteiger partial charge on any atom is -0.312 e. The molecule has 1 amide bonds. The Bertz CT molecular complexity index is 715. The van der Waals surface area contributed by atoms with Crippen LogP contribution >= 0.6 is 11.6 Å². The number of carbonyl (C=O) groups excluding carboxylic acids is 1. The monoisotopic (exact) mass is 357 g/mol. The van der Waals surface area contributed by atoms with E-state index in [9.17, 15) is 13.2 Å². The van der Waals surface area contributed by atoms with Crippen LogP contribution in [0.1, 0.15) is 18.4 Å². The maximum atomic E-state index is 12.8. The molecule has 0 bridgehead atoms. The molecule has 3 rings (SSSR count). The first kappa shape index (κ1) is 16.7. The predicted molar refractivity (Wildman–Crippen MR) is 89.8 cm³/mol. The van der Waals surface area contributed by atoms with Crippen molar-refractivity contribution in [3.8, 4) is 0 Å². The fraction of sp³-hybridized carbons (Fsp3) is 0.533. The van der Waals surface area contributed by atoms with Crippen LogP contribution in [-0.4, -0.2) is 45.3 Å². The van der Waals surface area contributed by atoms with Gasteiger partial charge in [0.05, 0.1) is 0 Å². The van der Waals surface area contributed by atoms with Gasteiger partial charge in [-0.25, -0.2) is 4.72 Å². The molecule has 0 unspecified atom stereocenters. The third kappa shape index (κ3) is 3.24. The van der Waals surface area contributed by atoms with E-state index in [2.05, 4.69) is 4.72 Å². The van der Waals surface area contributed by atoms with Crippen molar-refractivity contribution in [3.63, 3.8) is 0 Å². The number of anilines is 1. The number of amides is 1. The van der Waals surface area contributed by atoms with Crippen LogP contribution in [0.15, 0.2) is 18.2 Å². The van der Waals surface area contributed by atoms with E-state index in [1.165, 1.54) is 11.4 Å². The Morgan fingerprint density at radius 1 is 1.26 bits per heavy atom. The number of piperidine rings is 1. The lowest BCUT2D eigenvalue weighted by Gasteiger charge is -2.32. The lowest BCUT2D eigenvalue weighted by molar-refractivity contribution is -0.123. The lowest BCUT2D eigenvalue weighted by Crippen LogP contribution is -2.47. The second-order valence-electron chi connectivity index (χ2n) is 5.90. The number of nitrogens with one attached hydrogen (secondary N) is 1. The van der Waals surface area contributed by atoms with Crippen LogP contribution < -0.4 is 9.62 Å². The fourth-order valence-electron chi connectivity index (χ4n) is 3.29. The molecule has 2 heterocycles. The summed E-state index contributed by atoms with van der Waals surface area (Å²) in [6.45, 7) is 1.42. The van der Waals surface area contributed by atoms with Crippen molar-refractivity contribution in [2.75, 3.05) is 31.6 Å². The average molecular weight is 358 g/mol. The molecule has 0 spiro atoms. The highest BCUT2D eigenvalue weighted by atomic mass is 35.5. The highest BCUT2D eigenvalue weighted by Gasteiger charge is 2.34. The zero-order valence-corrected chi connectivity index (χ0v) is 14.5. The van der Waals surface area contributed by atoms with Gasteiger partial charge in [-0.2, -0.15) is 12.7 Å². The number of hydrogen-bond acceptors (Lipinski definition) is 3. The Morgan fingerprint density at radius 2 is 1.96 bits per heavy atom. The van der Waals surface area contributed by atoms with Crippen molar-refractivity contribution in [2.24, 2.45) is 5.92 Å². The summed E-state index contributed by atoms with van der Waals surface area (Å²) in [4.78, 5) is 14.6. The highest BCUT2D eigenvalue weighted by Crippen LogP contribution is 2.33. The van der Waals surface area contributed by atoms with Crippen LogP contribution in [0.3, 0.4) is 0 Å². The molecule has 0 aromatic heterocycles. The van der Waals surface area contributed by atoms with Gasteiger partial charge in [0.15, 0.2) is 0 Å². The Kier molecular flexibility index (Phi) is 4.64. The zero-order chi connectivity index (χ0) is 16.6. The molecule has 1 aromatic carbocycles. The summed E-state index contributed by atoms with van der Waals surface area (Å²) < 4.78 is 27.3. The van der Waals surface area contributed by atoms with E-state index in [0.29, 0.717) is 37.5 Å². The first-order chi connectivity index (χ1) is 10.9. The largest absolute Gasteiger partial charge is 0.312 e. The van der Waals surface area contributed by atoms with Gasteiger partial charge < -0.3 is 4.90 Å². The molecule has 8 heteroatoms. The lowest BCUT2D eigenvalue weighted by atomic mass is 9.96. The van der Waals surface area contributed by atoms with E-state index in [1.54, 1.807) is 6.07 Å². The van der Waals surface area contributed by atoms with Crippen molar-refractivity contribution in [3.05, 3.63) is 28.8 Å².